The van der Waals surface area contributed by atoms with Gasteiger partial charge < -0.3 is 9.42 Å². The van der Waals surface area contributed by atoms with Gasteiger partial charge in [-0.2, -0.15) is 0 Å². The Kier molecular flexibility index (Phi) is 6.11. The lowest BCUT2D eigenvalue weighted by molar-refractivity contribution is 0.0978. The first kappa shape index (κ1) is 20.4. The van der Waals surface area contributed by atoms with Crippen LogP contribution in [0.1, 0.15) is 49.7 Å². The number of amides is 1. The van der Waals surface area contributed by atoms with Crippen molar-refractivity contribution in [2.24, 2.45) is 0 Å². The molecule has 0 unspecified atom stereocenters. The van der Waals surface area contributed by atoms with E-state index >= 15 is 0 Å². The number of anilines is 1. The maximum atomic E-state index is 13.7. The molecule has 146 valence electrons. The molecule has 0 bridgehead atoms. The van der Waals surface area contributed by atoms with Crippen molar-refractivity contribution >= 4 is 34.8 Å². The number of carbonyl (C=O) groups is 1. The van der Waals surface area contributed by atoms with Crippen LogP contribution in [0.25, 0.3) is 11.3 Å². The average molecular weight is 417 g/mol. The molecule has 0 aliphatic heterocycles. The Morgan fingerprint density at radius 3 is 2.21 bits per heavy atom. The Morgan fingerprint density at radius 1 is 1.00 bits per heavy atom. The van der Waals surface area contributed by atoms with Gasteiger partial charge in [-0.3, -0.25) is 4.79 Å². The molecule has 0 N–H and O–H groups in total. The van der Waals surface area contributed by atoms with E-state index in [1.54, 1.807) is 23.1 Å². The molecule has 0 aliphatic carbocycles. The van der Waals surface area contributed by atoms with Crippen LogP contribution >= 0.6 is 23.2 Å². The second-order valence-corrected chi connectivity index (χ2v) is 7.99. The molecule has 1 aromatic heterocycles. The topological polar surface area (TPSA) is 46.3 Å². The van der Waals surface area contributed by atoms with Gasteiger partial charge >= 0.3 is 0 Å². The molecule has 4 nitrogen and oxygen atoms in total. The lowest BCUT2D eigenvalue weighted by Crippen LogP contribution is -2.37. The molecule has 0 saturated carbocycles. The number of halogens is 2. The zero-order valence-corrected chi connectivity index (χ0v) is 17.8. The van der Waals surface area contributed by atoms with E-state index in [2.05, 4.69) is 5.16 Å². The Bertz CT molecular complexity index is 978. The SMILES string of the molecule is CC(C)c1onc(-c2ccccc2Cl)c1C(=O)N(c1ccc(Cl)cc1)C(C)C. The second kappa shape index (κ2) is 8.38. The van der Waals surface area contributed by atoms with Crippen LogP contribution in [0.3, 0.4) is 0 Å². The van der Waals surface area contributed by atoms with E-state index in [-0.39, 0.29) is 17.9 Å². The molecule has 0 atom stereocenters. The maximum Gasteiger partial charge on any atom is 0.264 e. The van der Waals surface area contributed by atoms with Gasteiger partial charge in [0.15, 0.2) is 5.76 Å². The van der Waals surface area contributed by atoms with Gasteiger partial charge in [-0.05, 0) is 44.2 Å². The van der Waals surface area contributed by atoms with Crippen molar-refractivity contribution in [3.63, 3.8) is 0 Å². The third-order valence-electron chi connectivity index (χ3n) is 4.43. The minimum absolute atomic E-state index is 0.0121. The summed E-state index contributed by atoms with van der Waals surface area (Å²) in [5.74, 6) is 0.346. The van der Waals surface area contributed by atoms with Gasteiger partial charge in [0.25, 0.3) is 5.91 Å². The summed E-state index contributed by atoms with van der Waals surface area (Å²) >= 11 is 12.4. The standard InChI is InChI=1S/C22H22Cl2N2O2/c1-13(2)21-19(20(25-28-21)17-7-5-6-8-18(17)24)22(27)26(14(3)4)16-11-9-15(23)10-12-16/h5-14H,1-4H3. The van der Waals surface area contributed by atoms with Crippen molar-refractivity contribution in [3.8, 4) is 11.3 Å². The number of rotatable bonds is 5. The van der Waals surface area contributed by atoms with E-state index in [9.17, 15) is 4.79 Å². The van der Waals surface area contributed by atoms with Crippen LogP contribution in [-0.2, 0) is 0 Å². The second-order valence-electron chi connectivity index (χ2n) is 7.15. The van der Waals surface area contributed by atoms with E-state index in [1.807, 2.05) is 58.0 Å². The highest BCUT2D eigenvalue weighted by molar-refractivity contribution is 6.33. The fourth-order valence-corrected chi connectivity index (χ4v) is 3.46. The van der Waals surface area contributed by atoms with Gasteiger partial charge in [0.05, 0.1) is 5.02 Å². The fraction of sp³-hybridized carbons (Fsp3) is 0.273. The molecule has 28 heavy (non-hydrogen) atoms. The first-order valence-electron chi connectivity index (χ1n) is 9.14. The Labute approximate surface area is 175 Å². The Morgan fingerprint density at radius 2 is 1.64 bits per heavy atom. The first-order chi connectivity index (χ1) is 13.3. The number of carbonyl (C=O) groups excluding carboxylic acids is 1. The van der Waals surface area contributed by atoms with Gasteiger partial charge in [-0.25, -0.2) is 0 Å². The summed E-state index contributed by atoms with van der Waals surface area (Å²) < 4.78 is 5.60. The zero-order valence-electron chi connectivity index (χ0n) is 16.2. The minimum atomic E-state index is -0.183. The van der Waals surface area contributed by atoms with E-state index in [0.29, 0.717) is 32.6 Å². The molecule has 3 aromatic rings. The molecular weight excluding hydrogens is 395 g/mol. The molecule has 3 rings (SSSR count). The van der Waals surface area contributed by atoms with Gasteiger partial charge in [-0.15, -0.1) is 0 Å². The van der Waals surface area contributed by atoms with Crippen LogP contribution in [0.4, 0.5) is 5.69 Å². The summed E-state index contributed by atoms with van der Waals surface area (Å²) in [5, 5.41) is 5.34. The quantitative estimate of drug-likeness (QED) is 0.457. The number of benzene rings is 2. The third kappa shape index (κ3) is 3.94. The predicted molar refractivity (Wildman–Crippen MR) is 114 cm³/mol. The number of aromatic nitrogens is 1. The van der Waals surface area contributed by atoms with Crippen molar-refractivity contribution in [2.45, 2.75) is 39.7 Å². The van der Waals surface area contributed by atoms with Crippen LogP contribution < -0.4 is 4.90 Å². The summed E-state index contributed by atoms with van der Waals surface area (Å²) in [5.41, 5.74) is 2.32. The summed E-state index contributed by atoms with van der Waals surface area (Å²) in [6, 6.07) is 14.4. The van der Waals surface area contributed by atoms with Crippen LogP contribution in [0.15, 0.2) is 53.1 Å². The van der Waals surface area contributed by atoms with Crippen LogP contribution in [-0.4, -0.2) is 17.1 Å². The van der Waals surface area contributed by atoms with E-state index in [0.717, 1.165) is 5.69 Å². The molecular formula is C22H22Cl2N2O2. The molecule has 0 radical (unpaired) electrons. The molecule has 2 aromatic carbocycles. The summed E-state index contributed by atoms with van der Waals surface area (Å²) in [6.07, 6.45) is 0. The van der Waals surface area contributed by atoms with Gasteiger partial charge in [0.1, 0.15) is 11.3 Å². The van der Waals surface area contributed by atoms with Crippen LogP contribution in [0, 0.1) is 0 Å². The van der Waals surface area contributed by atoms with Gasteiger partial charge in [0, 0.05) is 28.2 Å². The van der Waals surface area contributed by atoms with Crippen molar-refractivity contribution in [3.05, 3.63) is 69.9 Å². The highest BCUT2D eigenvalue weighted by atomic mass is 35.5. The van der Waals surface area contributed by atoms with Crippen molar-refractivity contribution < 1.29 is 9.32 Å². The van der Waals surface area contributed by atoms with Crippen molar-refractivity contribution in [1.29, 1.82) is 0 Å². The fourth-order valence-electron chi connectivity index (χ4n) is 3.11. The molecule has 0 aliphatic rings. The monoisotopic (exact) mass is 416 g/mol. The van der Waals surface area contributed by atoms with Crippen LogP contribution in [0.5, 0.6) is 0 Å². The highest BCUT2D eigenvalue weighted by Crippen LogP contribution is 2.35. The Balaban J connectivity index is 2.17. The van der Waals surface area contributed by atoms with Crippen molar-refractivity contribution in [1.82, 2.24) is 5.16 Å². The zero-order chi connectivity index (χ0) is 20.4. The smallest absolute Gasteiger partial charge is 0.264 e. The predicted octanol–water partition coefficient (Wildman–Crippen LogP) is 6.83. The average Bonchev–Trinajstić information content (AvgIpc) is 3.08. The summed E-state index contributed by atoms with van der Waals surface area (Å²) in [7, 11) is 0. The van der Waals surface area contributed by atoms with Gasteiger partial charge in [-0.1, -0.05) is 60.4 Å². The maximum absolute atomic E-state index is 13.7. The van der Waals surface area contributed by atoms with Crippen molar-refractivity contribution in [2.75, 3.05) is 4.90 Å². The summed E-state index contributed by atoms with van der Waals surface area (Å²) in [6.45, 7) is 7.86. The highest BCUT2D eigenvalue weighted by Gasteiger charge is 2.31. The van der Waals surface area contributed by atoms with E-state index < -0.39 is 0 Å². The molecule has 0 fully saturated rings. The minimum Gasteiger partial charge on any atom is -0.360 e. The van der Waals surface area contributed by atoms with E-state index in [4.69, 9.17) is 27.7 Å². The van der Waals surface area contributed by atoms with E-state index in [1.165, 1.54) is 0 Å². The molecule has 1 amide bonds. The number of hydrogen-bond acceptors (Lipinski definition) is 3. The largest absolute Gasteiger partial charge is 0.360 e. The van der Waals surface area contributed by atoms with Crippen LogP contribution in [0.2, 0.25) is 10.0 Å². The number of nitrogens with zero attached hydrogens (tertiary/aromatic N) is 2. The molecule has 1 heterocycles. The molecule has 0 spiro atoms. The third-order valence-corrected chi connectivity index (χ3v) is 5.01. The first-order valence-corrected chi connectivity index (χ1v) is 9.90. The lowest BCUT2D eigenvalue weighted by Gasteiger charge is -2.27. The number of hydrogen-bond donors (Lipinski definition) is 0. The molecule has 6 heteroatoms. The Hall–Kier alpha value is -2.30. The normalized spacial score (nSPS) is 11.3. The lowest BCUT2D eigenvalue weighted by atomic mass is 9.99. The molecule has 0 saturated heterocycles. The van der Waals surface area contributed by atoms with Gasteiger partial charge in [0.2, 0.25) is 0 Å². The summed E-state index contributed by atoms with van der Waals surface area (Å²) in [4.78, 5) is 15.4.